The Hall–Kier alpha value is -2.28. The summed E-state index contributed by atoms with van der Waals surface area (Å²) >= 11 is 7.60. The molecule has 2 aliphatic heterocycles. The summed E-state index contributed by atoms with van der Waals surface area (Å²) in [5.74, 6) is 1.17. The molecule has 2 aromatic rings. The number of piperidine rings is 1. The third-order valence-electron chi connectivity index (χ3n) is 6.01. The van der Waals surface area contributed by atoms with Crippen molar-refractivity contribution in [2.24, 2.45) is 11.8 Å². The first-order valence-electron chi connectivity index (χ1n) is 11.5. The van der Waals surface area contributed by atoms with Crippen molar-refractivity contribution >= 4 is 46.9 Å². The zero-order valence-electron chi connectivity index (χ0n) is 19.1. The molecule has 0 radical (unpaired) electrons. The molecule has 2 heterocycles. The van der Waals surface area contributed by atoms with Gasteiger partial charge in [-0.05, 0) is 67.1 Å². The van der Waals surface area contributed by atoms with Gasteiger partial charge in [-0.25, -0.2) is 0 Å². The smallest absolute Gasteiger partial charge is 0.262 e. The van der Waals surface area contributed by atoms with Gasteiger partial charge in [0, 0.05) is 35.1 Å². The second-order valence-corrected chi connectivity index (χ2v) is 10.6. The van der Waals surface area contributed by atoms with Gasteiger partial charge >= 0.3 is 0 Å². The lowest BCUT2D eigenvalue weighted by atomic mass is 9.92. The van der Waals surface area contributed by atoms with E-state index >= 15 is 0 Å². The van der Waals surface area contributed by atoms with Gasteiger partial charge in [0.1, 0.15) is 0 Å². The first-order valence-corrected chi connectivity index (χ1v) is 12.7. The minimum Gasteiger partial charge on any atom is -0.352 e. The van der Waals surface area contributed by atoms with Crippen molar-refractivity contribution in [2.45, 2.75) is 31.6 Å². The van der Waals surface area contributed by atoms with Gasteiger partial charge in [-0.15, -0.1) is 0 Å². The summed E-state index contributed by atoms with van der Waals surface area (Å²) in [7, 11) is 0. The number of halogens is 1. The summed E-state index contributed by atoms with van der Waals surface area (Å²) in [6.07, 6.45) is 4.02. The molecule has 1 fully saturated rings. The SMILES string of the molecule is CC1CC(C)CN(CCCNC(=O)c2ccc3c(c2)NC(=O)C(=Cc2ccccc2Cl)S3)C1. The second kappa shape index (κ2) is 10.8. The Bertz CT molecular complexity index is 1060. The number of nitrogens with zero attached hydrogens (tertiary/aromatic N) is 1. The van der Waals surface area contributed by atoms with Crippen molar-refractivity contribution in [1.82, 2.24) is 10.2 Å². The Morgan fingerprint density at radius 1 is 1.21 bits per heavy atom. The number of thioether (sulfide) groups is 1. The second-order valence-electron chi connectivity index (χ2n) is 9.11. The van der Waals surface area contributed by atoms with E-state index in [9.17, 15) is 9.59 Å². The summed E-state index contributed by atoms with van der Waals surface area (Å²) in [6.45, 7) is 8.56. The third kappa shape index (κ3) is 6.19. The predicted octanol–water partition coefficient (Wildman–Crippen LogP) is 5.52. The van der Waals surface area contributed by atoms with E-state index in [1.807, 2.05) is 24.3 Å². The number of hydrogen-bond donors (Lipinski definition) is 2. The van der Waals surface area contributed by atoms with E-state index in [1.165, 1.54) is 18.2 Å². The van der Waals surface area contributed by atoms with Crippen LogP contribution in [0.5, 0.6) is 0 Å². The average Bonchev–Trinajstić information content (AvgIpc) is 2.77. The van der Waals surface area contributed by atoms with E-state index in [1.54, 1.807) is 24.3 Å². The number of hydrogen-bond acceptors (Lipinski definition) is 4. The first kappa shape index (κ1) is 23.9. The molecular formula is C26H30ClN3O2S. The fourth-order valence-corrected chi connectivity index (χ4v) is 5.73. The lowest BCUT2D eigenvalue weighted by molar-refractivity contribution is -0.112. The monoisotopic (exact) mass is 483 g/mol. The molecule has 0 aromatic heterocycles. The van der Waals surface area contributed by atoms with Gasteiger partial charge in [0.2, 0.25) is 0 Å². The lowest BCUT2D eigenvalue weighted by Gasteiger charge is -2.34. The average molecular weight is 484 g/mol. The van der Waals surface area contributed by atoms with Crippen molar-refractivity contribution in [2.75, 3.05) is 31.5 Å². The molecule has 0 saturated carbocycles. The number of anilines is 1. The number of nitrogens with one attached hydrogen (secondary N) is 2. The molecule has 1 saturated heterocycles. The predicted molar refractivity (Wildman–Crippen MR) is 137 cm³/mol. The zero-order valence-corrected chi connectivity index (χ0v) is 20.6. The lowest BCUT2D eigenvalue weighted by Crippen LogP contribution is -2.40. The quantitative estimate of drug-likeness (QED) is 0.419. The molecule has 2 aromatic carbocycles. The standard InChI is InChI=1S/C26H30ClN3O2S/c1-17-12-18(2)16-30(15-17)11-5-10-28-25(31)20-8-9-23-22(13-20)29-26(32)24(33-23)14-19-6-3-4-7-21(19)27/h3-4,6-9,13-14,17-18H,5,10-12,15-16H2,1-2H3,(H,28,31)(H,29,32). The van der Waals surface area contributed by atoms with Crippen molar-refractivity contribution in [1.29, 1.82) is 0 Å². The van der Waals surface area contributed by atoms with Crippen molar-refractivity contribution < 1.29 is 9.59 Å². The summed E-state index contributed by atoms with van der Waals surface area (Å²) in [5.41, 5.74) is 2.00. The fourth-order valence-electron chi connectivity index (χ4n) is 4.62. The summed E-state index contributed by atoms with van der Waals surface area (Å²) in [4.78, 5) is 29.2. The Morgan fingerprint density at radius 2 is 1.97 bits per heavy atom. The number of carbonyl (C=O) groups excluding carboxylic acids is 2. The number of fused-ring (bicyclic) bond motifs is 1. The molecule has 2 atom stereocenters. The van der Waals surface area contributed by atoms with Crippen LogP contribution in [0.2, 0.25) is 5.02 Å². The molecule has 0 spiro atoms. The maximum absolute atomic E-state index is 12.6. The number of carbonyl (C=O) groups is 2. The maximum atomic E-state index is 12.6. The Balaban J connectivity index is 1.33. The van der Waals surface area contributed by atoms with Crippen molar-refractivity contribution in [3.63, 3.8) is 0 Å². The van der Waals surface area contributed by atoms with Gasteiger partial charge in [0.15, 0.2) is 0 Å². The van der Waals surface area contributed by atoms with E-state index in [4.69, 9.17) is 11.6 Å². The molecule has 2 aliphatic rings. The largest absolute Gasteiger partial charge is 0.352 e. The number of rotatable bonds is 6. The van der Waals surface area contributed by atoms with E-state index in [0.717, 1.165) is 48.3 Å². The van der Waals surface area contributed by atoms with Gasteiger partial charge in [-0.2, -0.15) is 0 Å². The summed E-state index contributed by atoms with van der Waals surface area (Å²) < 4.78 is 0. The zero-order chi connectivity index (χ0) is 23.4. The van der Waals surface area contributed by atoms with Gasteiger partial charge in [-0.1, -0.05) is 55.4 Å². The van der Waals surface area contributed by atoms with Crippen LogP contribution in [0.3, 0.4) is 0 Å². The minimum atomic E-state index is -0.199. The van der Waals surface area contributed by atoms with Gasteiger partial charge in [0.25, 0.3) is 11.8 Å². The van der Waals surface area contributed by atoms with Crippen LogP contribution < -0.4 is 10.6 Å². The molecule has 33 heavy (non-hydrogen) atoms. The van der Waals surface area contributed by atoms with Crippen LogP contribution in [-0.4, -0.2) is 42.9 Å². The number of amides is 2. The van der Waals surface area contributed by atoms with Crippen molar-refractivity contribution in [3.8, 4) is 0 Å². The highest BCUT2D eigenvalue weighted by atomic mass is 35.5. The van der Waals surface area contributed by atoms with E-state index in [0.29, 0.717) is 27.7 Å². The highest BCUT2D eigenvalue weighted by Gasteiger charge is 2.23. The van der Waals surface area contributed by atoms with Crippen LogP contribution in [0.25, 0.3) is 6.08 Å². The fraction of sp³-hybridized carbons (Fsp3) is 0.385. The minimum absolute atomic E-state index is 0.116. The van der Waals surface area contributed by atoms with Gasteiger partial charge in [-0.3, -0.25) is 9.59 Å². The molecular weight excluding hydrogens is 454 g/mol. The Labute approximate surface area is 205 Å². The molecule has 5 nitrogen and oxygen atoms in total. The number of likely N-dealkylation sites (tertiary alicyclic amines) is 1. The number of benzene rings is 2. The third-order valence-corrected chi connectivity index (χ3v) is 7.45. The van der Waals surface area contributed by atoms with Gasteiger partial charge < -0.3 is 15.5 Å². The van der Waals surface area contributed by atoms with Crippen LogP contribution >= 0.6 is 23.4 Å². The van der Waals surface area contributed by atoms with Crippen molar-refractivity contribution in [3.05, 3.63) is 63.5 Å². The molecule has 2 amide bonds. The molecule has 2 N–H and O–H groups in total. The van der Waals surface area contributed by atoms with E-state index < -0.39 is 0 Å². The van der Waals surface area contributed by atoms with Crippen LogP contribution in [-0.2, 0) is 4.79 Å². The first-order chi connectivity index (χ1) is 15.9. The van der Waals surface area contributed by atoms with Crippen LogP contribution in [0.1, 0.15) is 42.6 Å². The maximum Gasteiger partial charge on any atom is 0.262 e. The van der Waals surface area contributed by atoms with E-state index in [-0.39, 0.29) is 11.8 Å². The Morgan fingerprint density at radius 3 is 2.73 bits per heavy atom. The van der Waals surface area contributed by atoms with Gasteiger partial charge in [0.05, 0.1) is 10.6 Å². The summed E-state index contributed by atoms with van der Waals surface area (Å²) in [6, 6.07) is 12.8. The summed E-state index contributed by atoms with van der Waals surface area (Å²) in [5, 5.41) is 6.52. The highest BCUT2D eigenvalue weighted by molar-refractivity contribution is 8.04. The highest BCUT2D eigenvalue weighted by Crippen LogP contribution is 2.39. The molecule has 2 unspecified atom stereocenters. The topological polar surface area (TPSA) is 61.4 Å². The Kier molecular flexibility index (Phi) is 7.78. The molecule has 0 aliphatic carbocycles. The van der Waals surface area contributed by atoms with E-state index in [2.05, 4.69) is 29.4 Å². The van der Waals surface area contributed by atoms with Crippen LogP contribution in [0.4, 0.5) is 5.69 Å². The molecule has 4 rings (SSSR count). The molecule has 0 bridgehead atoms. The normalized spacial score (nSPS) is 22.0. The van der Waals surface area contributed by atoms with Crippen LogP contribution in [0, 0.1) is 11.8 Å². The molecule has 174 valence electrons. The molecule has 7 heteroatoms. The van der Waals surface area contributed by atoms with Crippen LogP contribution in [0.15, 0.2) is 52.3 Å².